The fourth-order valence-corrected chi connectivity index (χ4v) is 5.15. The van der Waals surface area contributed by atoms with E-state index in [1.807, 2.05) is 74.9 Å². The number of benzene rings is 1. The molecule has 6 rings (SSSR count). The Kier molecular flexibility index (Phi) is 7.38. The summed E-state index contributed by atoms with van der Waals surface area (Å²) >= 11 is 0. The molecule has 1 aliphatic rings. The first kappa shape index (κ1) is 27.5. The molecule has 0 bridgehead atoms. The number of likely N-dealkylation sites (tertiary alicyclic amines) is 1. The molecule has 4 aromatic heterocycles. The number of fused-ring (bicyclic) bond motifs is 2. The molecular formula is C30H35N9O3. The van der Waals surface area contributed by atoms with Crippen LogP contribution in [-0.4, -0.2) is 64.9 Å². The molecule has 2 N–H and O–H groups in total. The Balaban J connectivity index is 1.11. The van der Waals surface area contributed by atoms with E-state index >= 15 is 0 Å². The quantitative estimate of drug-likeness (QED) is 0.275. The lowest BCUT2D eigenvalue weighted by Crippen LogP contribution is -2.45. The molecule has 0 atom stereocenters. The third-order valence-electron chi connectivity index (χ3n) is 7.16. The van der Waals surface area contributed by atoms with E-state index in [2.05, 4.69) is 41.8 Å². The summed E-state index contributed by atoms with van der Waals surface area (Å²) in [6.07, 6.45) is 8.23. The molecule has 1 fully saturated rings. The van der Waals surface area contributed by atoms with Crippen molar-refractivity contribution >= 4 is 28.8 Å². The van der Waals surface area contributed by atoms with Crippen LogP contribution in [0.25, 0.3) is 11.2 Å². The maximum Gasteiger partial charge on any atom is 0.407 e. The van der Waals surface area contributed by atoms with Crippen LogP contribution < -0.4 is 15.4 Å². The number of amides is 1. The van der Waals surface area contributed by atoms with Crippen LogP contribution in [0.4, 0.5) is 16.3 Å². The number of nitrogens with zero attached hydrogens (tertiary/aromatic N) is 7. The molecule has 0 radical (unpaired) electrons. The standard InChI is InChI=1S/C30H35N9O3/c1-20-15-23(5-6-25(20)41-24-10-14-38-26(16-24)31-18-33-38)35-28-27-21(7-13-39(27)34-19-32-28)17-37-11-8-22(9-12-37)36-29(40)42-30(2,3)4/h5-7,10,13-16,18-19,22H,8-9,11-12,17H2,1-4H3,(H,36,40)(H,32,34,35). The number of nitrogens with one attached hydrogen (secondary N) is 2. The molecule has 5 heterocycles. The first-order valence-electron chi connectivity index (χ1n) is 14.1. The third-order valence-corrected chi connectivity index (χ3v) is 7.16. The van der Waals surface area contributed by atoms with Crippen LogP contribution in [0.3, 0.4) is 0 Å². The van der Waals surface area contributed by atoms with E-state index in [9.17, 15) is 4.79 Å². The first-order valence-corrected chi connectivity index (χ1v) is 14.1. The molecular weight excluding hydrogens is 534 g/mol. The number of alkyl carbamates (subject to hydrolysis) is 1. The van der Waals surface area contributed by atoms with Gasteiger partial charge in [0.1, 0.15) is 35.3 Å². The first-order chi connectivity index (χ1) is 20.2. The smallest absolute Gasteiger partial charge is 0.407 e. The van der Waals surface area contributed by atoms with Crippen LogP contribution in [0, 0.1) is 6.92 Å². The van der Waals surface area contributed by atoms with E-state index in [1.54, 1.807) is 10.8 Å². The van der Waals surface area contributed by atoms with E-state index in [0.29, 0.717) is 5.75 Å². The van der Waals surface area contributed by atoms with Crippen molar-refractivity contribution in [2.24, 2.45) is 0 Å². The number of aryl methyl sites for hydroxylation is 1. The van der Waals surface area contributed by atoms with Gasteiger partial charge in [0.2, 0.25) is 0 Å². The van der Waals surface area contributed by atoms with Gasteiger partial charge in [0.25, 0.3) is 0 Å². The predicted octanol–water partition coefficient (Wildman–Crippen LogP) is 5.11. The van der Waals surface area contributed by atoms with E-state index in [0.717, 1.165) is 72.0 Å². The second-order valence-electron chi connectivity index (χ2n) is 11.6. The Hall–Kier alpha value is -4.71. The molecule has 12 heteroatoms. The largest absolute Gasteiger partial charge is 0.457 e. The van der Waals surface area contributed by atoms with Gasteiger partial charge in [-0.2, -0.15) is 10.2 Å². The third kappa shape index (κ3) is 6.28. The summed E-state index contributed by atoms with van der Waals surface area (Å²) in [6.45, 7) is 10.1. The van der Waals surface area contributed by atoms with E-state index in [4.69, 9.17) is 9.47 Å². The normalized spacial score (nSPS) is 14.8. The van der Waals surface area contributed by atoms with Gasteiger partial charge in [0.05, 0.1) is 0 Å². The summed E-state index contributed by atoms with van der Waals surface area (Å²) in [6, 6.07) is 11.9. The van der Waals surface area contributed by atoms with Gasteiger partial charge in [0.15, 0.2) is 11.5 Å². The molecule has 0 unspecified atom stereocenters. The Morgan fingerprint density at radius 3 is 2.55 bits per heavy atom. The van der Waals surface area contributed by atoms with Crippen LogP contribution in [0.2, 0.25) is 0 Å². The molecule has 12 nitrogen and oxygen atoms in total. The molecule has 1 aliphatic heterocycles. The minimum absolute atomic E-state index is 0.114. The van der Waals surface area contributed by atoms with Gasteiger partial charge in [-0.15, -0.1) is 0 Å². The van der Waals surface area contributed by atoms with Crippen LogP contribution >= 0.6 is 0 Å². The zero-order chi connectivity index (χ0) is 29.3. The molecule has 0 spiro atoms. The number of anilines is 2. The molecule has 0 aliphatic carbocycles. The number of rotatable bonds is 7. The number of aromatic nitrogens is 6. The zero-order valence-corrected chi connectivity index (χ0v) is 24.2. The maximum atomic E-state index is 12.2. The average molecular weight is 570 g/mol. The van der Waals surface area contributed by atoms with Crippen molar-refractivity contribution in [3.8, 4) is 11.5 Å². The van der Waals surface area contributed by atoms with E-state index < -0.39 is 5.60 Å². The van der Waals surface area contributed by atoms with Gasteiger partial charge in [-0.3, -0.25) is 4.90 Å². The number of hydrogen-bond donors (Lipinski definition) is 2. The van der Waals surface area contributed by atoms with Gasteiger partial charge in [-0.05, 0) is 82.0 Å². The van der Waals surface area contributed by atoms with Crippen LogP contribution in [-0.2, 0) is 11.3 Å². The van der Waals surface area contributed by atoms with Crippen molar-refractivity contribution in [2.45, 2.75) is 58.7 Å². The minimum atomic E-state index is -0.502. The van der Waals surface area contributed by atoms with Crippen LogP contribution in [0.15, 0.2) is 61.4 Å². The van der Waals surface area contributed by atoms with Gasteiger partial charge in [0, 0.05) is 49.8 Å². The SMILES string of the molecule is Cc1cc(Nc2ncnn3ccc(CN4CCC(NC(=O)OC(C)(C)C)CC4)c23)ccc1Oc1ccn2ncnc2c1. The summed E-state index contributed by atoms with van der Waals surface area (Å²) < 4.78 is 15.1. The number of ether oxygens (including phenoxy) is 2. The van der Waals surface area contributed by atoms with Crippen molar-refractivity contribution in [2.75, 3.05) is 18.4 Å². The molecule has 1 aromatic carbocycles. The Morgan fingerprint density at radius 2 is 1.76 bits per heavy atom. The lowest BCUT2D eigenvalue weighted by atomic mass is 10.0. The van der Waals surface area contributed by atoms with E-state index in [-0.39, 0.29) is 12.1 Å². The maximum absolute atomic E-state index is 12.2. The lowest BCUT2D eigenvalue weighted by Gasteiger charge is -2.32. The summed E-state index contributed by atoms with van der Waals surface area (Å²) in [7, 11) is 0. The second kappa shape index (κ2) is 11.3. The van der Waals surface area contributed by atoms with Gasteiger partial charge < -0.3 is 20.1 Å². The lowest BCUT2D eigenvalue weighted by molar-refractivity contribution is 0.0477. The van der Waals surface area contributed by atoms with E-state index in [1.165, 1.54) is 6.33 Å². The summed E-state index contributed by atoms with van der Waals surface area (Å²) in [5.74, 6) is 2.18. The zero-order valence-electron chi connectivity index (χ0n) is 24.2. The number of pyridine rings is 1. The fourth-order valence-electron chi connectivity index (χ4n) is 5.15. The molecule has 5 aromatic rings. The fraction of sp³-hybridized carbons (Fsp3) is 0.367. The van der Waals surface area contributed by atoms with Gasteiger partial charge in [-0.25, -0.2) is 23.8 Å². The molecule has 1 saturated heterocycles. The number of carbonyl (C=O) groups is 1. The van der Waals surface area contributed by atoms with Crippen molar-refractivity contribution < 1.29 is 14.3 Å². The topological polar surface area (TPSA) is 123 Å². The molecule has 0 saturated carbocycles. The second-order valence-corrected chi connectivity index (χ2v) is 11.6. The Labute approximate surface area is 243 Å². The summed E-state index contributed by atoms with van der Waals surface area (Å²) in [5.41, 5.74) is 4.17. The van der Waals surface area contributed by atoms with Crippen molar-refractivity contribution in [3.63, 3.8) is 0 Å². The van der Waals surface area contributed by atoms with Crippen LogP contribution in [0.5, 0.6) is 11.5 Å². The highest BCUT2D eigenvalue weighted by Crippen LogP contribution is 2.30. The molecule has 42 heavy (non-hydrogen) atoms. The number of carbonyl (C=O) groups excluding carboxylic acids is 1. The van der Waals surface area contributed by atoms with Crippen LogP contribution in [0.1, 0.15) is 44.7 Å². The van der Waals surface area contributed by atoms with Crippen molar-refractivity contribution in [1.29, 1.82) is 0 Å². The number of piperidine rings is 1. The summed E-state index contributed by atoms with van der Waals surface area (Å²) in [4.78, 5) is 23.4. The Morgan fingerprint density at radius 1 is 1.00 bits per heavy atom. The van der Waals surface area contributed by atoms with Gasteiger partial charge in [-0.1, -0.05) is 0 Å². The summed E-state index contributed by atoms with van der Waals surface area (Å²) in [5, 5.41) is 15.0. The van der Waals surface area contributed by atoms with Gasteiger partial charge >= 0.3 is 6.09 Å². The highest BCUT2D eigenvalue weighted by molar-refractivity contribution is 5.77. The molecule has 1 amide bonds. The Bertz CT molecular complexity index is 1710. The average Bonchev–Trinajstić information content (AvgIpc) is 3.58. The van der Waals surface area contributed by atoms with Crippen molar-refractivity contribution in [1.82, 2.24) is 39.4 Å². The highest BCUT2D eigenvalue weighted by Gasteiger charge is 2.24. The predicted molar refractivity (Wildman–Crippen MR) is 158 cm³/mol. The number of hydrogen-bond acceptors (Lipinski definition) is 9. The van der Waals surface area contributed by atoms with Crippen molar-refractivity contribution in [3.05, 3.63) is 72.6 Å². The molecule has 218 valence electrons. The monoisotopic (exact) mass is 569 g/mol. The minimum Gasteiger partial charge on any atom is -0.457 e. The highest BCUT2D eigenvalue weighted by atomic mass is 16.6.